The summed E-state index contributed by atoms with van der Waals surface area (Å²) < 4.78 is 35.9. The fourth-order valence-electron chi connectivity index (χ4n) is 2.71. The fourth-order valence-corrected chi connectivity index (χ4v) is 4.07. The van der Waals surface area contributed by atoms with Crippen LogP contribution >= 0.6 is 0 Å². The van der Waals surface area contributed by atoms with Crippen molar-refractivity contribution in [1.82, 2.24) is 9.21 Å². The Hall–Kier alpha value is -0.210. The molecule has 7 heteroatoms. The van der Waals surface area contributed by atoms with Crippen LogP contribution in [-0.2, 0) is 19.5 Å². The Kier molecular flexibility index (Phi) is 5.58. The number of hydrogen-bond donors (Lipinski definition) is 0. The van der Waals surface area contributed by atoms with Gasteiger partial charge in [0.15, 0.2) is 0 Å². The van der Waals surface area contributed by atoms with Crippen LogP contribution in [0.3, 0.4) is 0 Å². The summed E-state index contributed by atoms with van der Waals surface area (Å²) in [7, 11) is -1.62. The van der Waals surface area contributed by atoms with E-state index in [4.69, 9.17) is 9.47 Å². The van der Waals surface area contributed by atoms with Gasteiger partial charge in [-0.1, -0.05) is 0 Å². The van der Waals surface area contributed by atoms with Crippen molar-refractivity contribution in [3.8, 4) is 0 Å². The molecule has 0 saturated carbocycles. The number of hydrogen-bond acceptors (Lipinski definition) is 5. The van der Waals surface area contributed by atoms with Crippen molar-refractivity contribution in [2.75, 3.05) is 58.9 Å². The van der Waals surface area contributed by atoms with Crippen molar-refractivity contribution < 1.29 is 17.9 Å². The molecule has 0 aliphatic carbocycles. The number of piperazine rings is 1. The van der Waals surface area contributed by atoms with Crippen LogP contribution in [0.1, 0.15) is 12.8 Å². The van der Waals surface area contributed by atoms with Crippen LogP contribution in [0.4, 0.5) is 0 Å². The Labute approximate surface area is 115 Å². The van der Waals surface area contributed by atoms with Crippen LogP contribution < -0.4 is 0 Å². The van der Waals surface area contributed by atoms with Crippen LogP contribution in [0.15, 0.2) is 0 Å². The summed E-state index contributed by atoms with van der Waals surface area (Å²) in [5, 5.41) is 0. The van der Waals surface area contributed by atoms with E-state index in [1.165, 1.54) is 7.11 Å². The zero-order valence-corrected chi connectivity index (χ0v) is 12.4. The maximum absolute atomic E-state index is 12.0. The van der Waals surface area contributed by atoms with Gasteiger partial charge < -0.3 is 9.47 Å². The summed E-state index contributed by atoms with van der Waals surface area (Å²) in [6.07, 6.45) is 2.13. The summed E-state index contributed by atoms with van der Waals surface area (Å²) in [5.41, 5.74) is 0. The van der Waals surface area contributed by atoms with E-state index in [1.54, 1.807) is 4.31 Å². The van der Waals surface area contributed by atoms with E-state index in [0.29, 0.717) is 19.1 Å². The lowest BCUT2D eigenvalue weighted by molar-refractivity contribution is 0.0229. The Bertz CT molecular complexity index is 360. The summed E-state index contributed by atoms with van der Waals surface area (Å²) in [4.78, 5) is 2.41. The fraction of sp³-hybridized carbons (Fsp3) is 1.00. The zero-order chi connectivity index (χ0) is 13.7. The molecule has 0 spiro atoms. The van der Waals surface area contributed by atoms with E-state index in [0.717, 1.165) is 39.1 Å². The van der Waals surface area contributed by atoms with Gasteiger partial charge in [0, 0.05) is 52.5 Å². The Balaban J connectivity index is 1.81. The quantitative estimate of drug-likeness (QED) is 0.700. The minimum atomic E-state index is -3.14. The van der Waals surface area contributed by atoms with Crippen LogP contribution in [0.2, 0.25) is 0 Å². The molecule has 2 aliphatic rings. The molecule has 6 nitrogen and oxygen atoms in total. The Morgan fingerprint density at radius 2 is 1.79 bits per heavy atom. The molecule has 0 atom stereocenters. The number of nitrogens with zero attached hydrogens (tertiary/aromatic N) is 2. The van der Waals surface area contributed by atoms with Gasteiger partial charge in [-0.05, 0) is 12.8 Å². The highest BCUT2D eigenvalue weighted by molar-refractivity contribution is 7.89. The molecule has 0 aromatic carbocycles. The van der Waals surface area contributed by atoms with Crippen molar-refractivity contribution in [1.29, 1.82) is 0 Å². The van der Waals surface area contributed by atoms with Gasteiger partial charge in [0.25, 0.3) is 0 Å². The smallest absolute Gasteiger partial charge is 0.216 e. The standard InChI is InChI=1S/C12H24N2O4S/c1-17-10-11-19(15,16)14-6-4-13(5-7-14)12-2-8-18-9-3-12/h12H,2-11H2,1H3. The molecule has 2 fully saturated rings. The van der Waals surface area contributed by atoms with E-state index in [-0.39, 0.29) is 12.4 Å². The van der Waals surface area contributed by atoms with E-state index in [2.05, 4.69) is 4.90 Å². The highest BCUT2D eigenvalue weighted by atomic mass is 32.2. The monoisotopic (exact) mass is 292 g/mol. The molecule has 0 amide bonds. The first kappa shape index (κ1) is 15.2. The van der Waals surface area contributed by atoms with Gasteiger partial charge in [-0.3, -0.25) is 4.90 Å². The third kappa shape index (κ3) is 4.13. The molecule has 0 radical (unpaired) electrons. The van der Waals surface area contributed by atoms with Gasteiger partial charge >= 0.3 is 0 Å². The predicted molar refractivity (Wildman–Crippen MR) is 72.6 cm³/mol. The van der Waals surface area contributed by atoms with Crippen molar-refractivity contribution in [2.24, 2.45) is 0 Å². The van der Waals surface area contributed by atoms with Gasteiger partial charge in [0.1, 0.15) is 0 Å². The third-order valence-electron chi connectivity index (χ3n) is 3.92. The van der Waals surface area contributed by atoms with Crippen LogP contribution in [0.25, 0.3) is 0 Å². The average Bonchev–Trinajstić information content (AvgIpc) is 2.46. The lowest BCUT2D eigenvalue weighted by atomic mass is 10.1. The highest BCUT2D eigenvalue weighted by Gasteiger charge is 2.30. The molecule has 112 valence electrons. The zero-order valence-electron chi connectivity index (χ0n) is 11.6. The SMILES string of the molecule is COCCS(=O)(=O)N1CCN(C2CCOCC2)CC1. The van der Waals surface area contributed by atoms with Gasteiger partial charge in [0.05, 0.1) is 12.4 Å². The number of sulfonamides is 1. The summed E-state index contributed by atoms with van der Waals surface area (Å²) >= 11 is 0. The maximum atomic E-state index is 12.0. The molecule has 0 bridgehead atoms. The summed E-state index contributed by atoms with van der Waals surface area (Å²) in [6, 6.07) is 0.567. The number of ether oxygens (including phenoxy) is 2. The first-order valence-electron chi connectivity index (χ1n) is 6.92. The molecule has 2 heterocycles. The topological polar surface area (TPSA) is 59.1 Å². The van der Waals surface area contributed by atoms with Crippen LogP contribution in [0, 0.1) is 0 Å². The van der Waals surface area contributed by atoms with E-state index >= 15 is 0 Å². The Morgan fingerprint density at radius 1 is 1.16 bits per heavy atom. The molecule has 2 rings (SSSR count). The first-order valence-corrected chi connectivity index (χ1v) is 8.53. The third-order valence-corrected chi connectivity index (χ3v) is 5.75. The highest BCUT2D eigenvalue weighted by Crippen LogP contribution is 2.17. The second kappa shape index (κ2) is 6.99. The van der Waals surface area contributed by atoms with E-state index in [1.807, 2.05) is 0 Å². The van der Waals surface area contributed by atoms with E-state index < -0.39 is 10.0 Å². The van der Waals surface area contributed by atoms with Gasteiger partial charge in [-0.15, -0.1) is 0 Å². The molecule has 0 unspecified atom stereocenters. The normalized spacial score (nSPS) is 24.7. The van der Waals surface area contributed by atoms with Gasteiger partial charge in [-0.2, -0.15) is 4.31 Å². The number of methoxy groups -OCH3 is 1. The van der Waals surface area contributed by atoms with Gasteiger partial charge in [-0.25, -0.2) is 8.42 Å². The van der Waals surface area contributed by atoms with Crippen molar-refractivity contribution in [3.63, 3.8) is 0 Å². The predicted octanol–water partition coefficient (Wildman–Crippen LogP) is -0.241. The molecule has 19 heavy (non-hydrogen) atoms. The first-order chi connectivity index (χ1) is 9.13. The van der Waals surface area contributed by atoms with Crippen molar-refractivity contribution >= 4 is 10.0 Å². The summed E-state index contributed by atoms with van der Waals surface area (Å²) in [5.74, 6) is 0.0841. The van der Waals surface area contributed by atoms with Crippen LogP contribution in [-0.4, -0.2) is 82.5 Å². The lowest BCUT2D eigenvalue weighted by Gasteiger charge is -2.40. The molecule has 0 N–H and O–H groups in total. The minimum Gasteiger partial charge on any atom is -0.384 e. The molecule has 2 aliphatic heterocycles. The Morgan fingerprint density at radius 3 is 2.37 bits per heavy atom. The number of rotatable bonds is 5. The van der Waals surface area contributed by atoms with Crippen molar-refractivity contribution in [3.05, 3.63) is 0 Å². The minimum absolute atomic E-state index is 0.0841. The second-order valence-electron chi connectivity index (χ2n) is 5.09. The molecular weight excluding hydrogens is 268 g/mol. The largest absolute Gasteiger partial charge is 0.384 e. The van der Waals surface area contributed by atoms with Crippen molar-refractivity contribution in [2.45, 2.75) is 18.9 Å². The molecular formula is C12H24N2O4S. The summed E-state index contributed by atoms with van der Waals surface area (Å²) in [6.45, 7) is 4.79. The maximum Gasteiger partial charge on any atom is 0.216 e. The molecule has 2 saturated heterocycles. The van der Waals surface area contributed by atoms with Gasteiger partial charge in [0.2, 0.25) is 10.0 Å². The lowest BCUT2D eigenvalue weighted by Crippen LogP contribution is -2.53. The molecule has 0 aromatic heterocycles. The molecule has 0 aromatic rings. The second-order valence-corrected chi connectivity index (χ2v) is 7.18. The van der Waals surface area contributed by atoms with E-state index in [9.17, 15) is 8.42 Å². The van der Waals surface area contributed by atoms with Crippen LogP contribution in [0.5, 0.6) is 0 Å². The average molecular weight is 292 g/mol.